The molecule has 5 heteroatoms. The van der Waals surface area contributed by atoms with Crippen molar-refractivity contribution in [2.45, 2.75) is 38.6 Å². The molecule has 0 aromatic heterocycles. The smallest absolute Gasteiger partial charge is 0.390 e. The average Bonchev–Trinajstić information content (AvgIpc) is 1.97. The highest BCUT2D eigenvalue weighted by Gasteiger charge is 2.28. The summed E-state index contributed by atoms with van der Waals surface area (Å²) in [5, 5.41) is 9.10. The molecule has 0 aliphatic carbocycles. The molecule has 0 aliphatic heterocycles. The molecule has 0 radical (unpaired) electrons. The Morgan fingerprint density at radius 1 is 1.31 bits per heavy atom. The van der Waals surface area contributed by atoms with E-state index >= 15 is 0 Å². The van der Waals surface area contributed by atoms with Crippen molar-refractivity contribution in [3.8, 4) is 0 Å². The minimum Gasteiger partial charge on any atom is -0.392 e. The van der Waals surface area contributed by atoms with Crippen LogP contribution in [-0.2, 0) is 0 Å². The summed E-state index contributed by atoms with van der Waals surface area (Å²) in [4.78, 5) is 1.50. The van der Waals surface area contributed by atoms with E-state index in [1.54, 1.807) is 20.9 Å². The second kappa shape index (κ2) is 4.81. The van der Waals surface area contributed by atoms with Gasteiger partial charge in [-0.3, -0.25) is 0 Å². The summed E-state index contributed by atoms with van der Waals surface area (Å²) in [5.74, 6) is 0. The van der Waals surface area contributed by atoms with Gasteiger partial charge in [-0.1, -0.05) is 0 Å². The van der Waals surface area contributed by atoms with Gasteiger partial charge in [0.05, 0.1) is 12.5 Å². The molecule has 80 valence electrons. The van der Waals surface area contributed by atoms with Crippen molar-refractivity contribution in [1.29, 1.82) is 0 Å². The van der Waals surface area contributed by atoms with Crippen molar-refractivity contribution in [2.75, 3.05) is 13.6 Å². The van der Waals surface area contributed by atoms with E-state index in [0.717, 1.165) is 0 Å². The maximum Gasteiger partial charge on any atom is 0.390 e. The number of aliphatic hydroxyl groups excluding tert-OH is 1. The van der Waals surface area contributed by atoms with Crippen LogP contribution in [0.25, 0.3) is 0 Å². The molecule has 0 heterocycles. The minimum atomic E-state index is -4.12. The van der Waals surface area contributed by atoms with Gasteiger partial charge in [0.15, 0.2) is 0 Å². The summed E-state index contributed by atoms with van der Waals surface area (Å²) >= 11 is 0. The third-order valence-corrected chi connectivity index (χ3v) is 2.14. The zero-order valence-corrected chi connectivity index (χ0v) is 8.10. The van der Waals surface area contributed by atoms with Crippen LogP contribution in [0.5, 0.6) is 0 Å². The molecule has 0 fully saturated rings. The molecule has 0 rings (SSSR count). The first-order chi connectivity index (χ1) is 5.74. The van der Waals surface area contributed by atoms with E-state index in [9.17, 15) is 13.2 Å². The van der Waals surface area contributed by atoms with Crippen LogP contribution in [0.3, 0.4) is 0 Å². The fraction of sp³-hybridized carbons (Fsp3) is 1.00. The molecule has 2 nitrogen and oxygen atoms in total. The van der Waals surface area contributed by atoms with Crippen molar-refractivity contribution < 1.29 is 18.3 Å². The van der Waals surface area contributed by atoms with E-state index in [1.807, 2.05) is 0 Å². The third-order valence-electron chi connectivity index (χ3n) is 2.14. The van der Waals surface area contributed by atoms with Crippen molar-refractivity contribution >= 4 is 0 Å². The van der Waals surface area contributed by atoms with Gasteiger partial charge in [-0.25, -0.2) is 0 Å². The zero-order valence-electron chi connectivity index (χ0n) is 8.10. The van der Waals surface area contributed by atoms with Crippen LogP contribution in [0.15, 0.2) is 0 Å². The Morgan fingerprint density at radius 2 is 1.77 bits per heavy atom. The molecule has 0 saturated heterocycles. The van der Waals surface area contributed by atoms with Gasteiger partial charge in [-0.05, 0) is 20.9 Å². The van der Waals surface area contributed by atoms with Gasteiger partial charge in [0.2, 0.25) is 0 Å². The molecule has 0 spiro atoms. The molecule has 0 bridgehead atoms. The van der Waals surface area contributed by atoms with E-state index in [-0.39, 0.29) is 12.6 Å². The van der Waals surface area contributed by atoms with Crippen molar-refractivity contribution in [2.24, 2.45) is 0 Å². The van der Waals surface area contributed by atoms with Crippen LogP contribution in [0.1, 0.15) is 20.3 Å². The van der Waals surface area contributed by atoms with Crippen LogP contribution in [0.4, 0.5) is 13.2 Å². The highest BCUT2D eigenvalue weighted by Crippen LogP contribution is 2.20. The van der Waals surface area contributed by atoms with Crippen molar-refractivity contribution in [3.63, 3.8) is 0 Å². The molecule has 0 amide bonds. The summed E-state index contributed by atoms with van der Waals surface area (Å²) in [7, 11) is 1.57. The van der Waals surface area contributed by atoms with E-state index in [0.29, 0.717) is 0 Å². The molecule has 0 aliphatic rings. The van der Waals surface area contributed by atoms with Gasteiger partial charge in [0.25, 0.3) is 0 Å². The van der Waals surface area contributed by atoms with Gasteiger partial charge < -0.3 is 10.0 Å². The Balaban J connectivity index is 3.81. The third kappa shape index (κ3) is 5.87. The number of hydrogen-bond donors (Lipinski definition) is 1. The molecule has 13 heavy (non-hydrogen) atoms. The van der Waals surface area contributed by atoms with Crippen LogP contribution in [0, 0.1) is 0 Å². The number of alkyl halides is 3. The van der Waals surface area contributed by atoms with Gasteiger partial charge in [-0.2, -0.15) is 13.2 Å². The lowest BCUT2D eigenvalue weighted by Gasteiger charge is -2.27. The summed E-state index contributed by atoms with van der Waals surface area (Å²) in [6.45, 7) is 3.19. The second-order valence-electron chi connectivity index (χ2n) is 3.33. The first kappa shape index (κ1) is 12.7. The summed E-state index contributed by atoms with van der Waals surface area (Å²) in [5.41, 5.74) is 0. The molecule has 2 atom stereocenters. The fourth-order valence-electron chi connectivity index (χ4n) is 0.875. The largest absolute Gasteiger partial charge is 0.392 e. The molecular formula is C8H16F3NO. The SMILES string of the molecule is CC(O)C(C)N(C)CCC(F)(F)F. The Kier molecular flexibility index (Phi) is 4.70. The van der Waals surface area contributed by atoms with Crippen molar-refractivity contribution in [3.05, 3.63) is 0 Å². The van der Waals surface area contributed by atoms with Crippen LogP contribution >= 0.6 is 0 Å². The first-order valence-corrected chi connectivity index (χ1v) is 4.19. The van der Waals surface area contributed by atoms with Gasteiger partial charge >= 0.3 is 6.18 Å². The van der Waals surface area contributed by atoms with Gasteiger partial charge in [-0.15, -0.1) is 0 Å². The van der Waals surface area contributed by atoms with Gasteiger partial charge in [0, 0.05) is 12.6 Å². The quantitative estimate of drug-likeness (QED) is 0.744. The predicted molar refractivity (Wildman–Crippen MR) is 44.4 cm³/mol. The van der Waals surface area contributed by atoms with E-state index in [1.165, 1.54) is 4.90 Å². The predicted octanol–water partition coefficient (Wildman–Crippen LogP) is 1.64. The zero-order chi connectivity index (χ0) is 10.6. The standard InChI is InChI=1S/C8H16F3NO/c1-6(7(2)13)12(3)5-4-8(9,10)11/h6-7,13H,4-5H2,1-3H3. The number of aliphatic hydroxyl groups is 1. The van der Waals surface area contributed by atoms with Crippen LogP contribution < -0.4 is 0 Å². The molecule has 2 unspecified atom stereocenters. The highest BCUT2D eigenvalue weighted by molar-refractivity contribution is 4.69. The topological polar surface area (TPSA) is 23.5 Å². The molecule has 0 saturated carbocycles. The molecular weight excluding hydrogens is 183 g/mol. The van der Waals surface area contributed by atoms with E-state index in [4.69, 9.17) is 5.11 Å². The lowest BCUT2D eigenvalue weighted by molar-refractivity contribution is -0.139. The van der Waals surface area contributed by atoms with Crippen molar-refractivity contribution in [1.82, 2.24) is 4.90 Å². The Morgan fingerprint density at radius 3 is 2.08 bits per heavy atom. The number of rotatable bonds is 4. The number of halogens is 3. The fourth-order valence-corrected chi connectivity index (χ4v) is 0.875. The molecule has 0 aromatic carbocycles. The van der Waals surface area contributed by atoms with E-state index in [2.05, 4.69) is 0 Å². The minimum absolute atomic E-state index is 0.0738. The monoisotopic (exact) mass is 199 g/mol. The number of nitrogens with zero attached hydrogens (tertiary/aromatic N) is 1. The number of hydrogen-bond acceptors (Lipinski definition) is 2. The van der Waals surface area contributed by atoms with Crippen LogP contribution in [0.2, 0.25) is 0 Å². The first-order valence-electron chi connectivity index (χ1n) is 4.19. The maximum absolute atomic E-state index is 11.8. The molecule has 0 aromatic rings. The Hall–Kier alpha value is -0.290. The Labute approximate surface area is 76.3 Å². The normalized spacial score (nSPS) is 17.5. The lowest BCUT2D eigenvalue weighted by atomic mass is 10.2. The number of likely N-dealkylation sites (N-methyl/N-ethyl adjacent to an activating group) is 1. The Bertz CT molecular complexity index is 147. The second-order valence-corrected chi connectivity index (χ2v) is 3.33. The summed E-state index contributed by atoms with van der Waals surface area (Å²) < 4.78 is 35.4. The lowest BCUT2D eigenvalue weighted by Crippen LogP contribution is -2.39. The van der Waals surface area contributed by atoms with E-state index < -0.39 is 18.7 Å². The highest BCUT2D eigenvalue weighted by atomic mass is 19.4. The summed E-state index contributed by atoms with van der Waals surface area (Å²) in [6, 6.07) is -0.248. The van der Waals surface area contributed by atoms with Crippen LogP contribution in [-0.4, -0.2) is 41.9 Å². The maximum atomic E-state index is 11.8. The molecule has 1 N–H and O–H groups in total. The van der Waals surface area contributed by atoms with Gasteiger partial charge in [0.1, 0.15) is 0 Å². The summed E-state index contributed by atoms with van der Waals surface area (Å²) in [6.07, 6.45) is -5.56. The average molecular weight is 199 g/mol.